The number of pyridine rings is 1. The molecule has 7 nitrogen and oxygen atoms in total. The number of amides is 1. The maximum atomic E-state index is 13.5. The number of thioether (sulfide) groups is 1. The standard InChI is InChI=1S/C26H26N4O3S2/c1-33-19-10-8-18(9-11-19)12-16-30-25(32)21(35-26(30)34)17-20-23(28-13-4-2-5-14-28)27-22-7-3-6-15-29(22)24(20)31/h3,6-11,15,17H,2,4-5,12-14,16H2,1H3. The molecule has 2 saturated heterocycles. The van der Waals surface area contributed by atoms with E-state index < -0.39 is 0 Å². The summed E-state index contributed by atoms with van der Waals surface area (Å²) >= 11 is 6.77. The van der Waals surface area contributed by atoms with Crippen LogP contribution in [0.3, 0.4) is 0 Å². The molecule has 4 heterocycles. The minimum atomic E-state index is -0.181. The van der Waals surface area contributed by atoms with Gasteiger partial charge in [0.1, 0.15) is 21.5 Å². The van der Waals surface area contributed by atoms with Crippen LogP contribution >= 0.6 is 24.0 Å². The summed E-state index contributed by atoms with van der Waals surface area (Å²) in [6.45, 7) is 2.17. The SMILES string of the molecule is COc1ccc(CCN2C(=O)C(=Cc3c(N4CCCCC4)nc4ccccn4c3=O)SC2=S)cc1. The molecule has 35 heavy (non-hydrogen) atoms. The molecule has 0 bridgehead atoms. The maximum absolute atomic E-state index is 13.5. The largest absolute Gasteiger partial charge is 0.497 e. The van der Waals surface area contributed by atoms with Crippen LogP contribution in [0.1, 0.15) is 30.4 Å². The molecule has 180 valence electrons. The molecule has 2 aromatic heterocycles. The van der Waals surface area contributed by atoms with E-state index in [0.29, 0.717) is 39.2 Å². The Balaban J connectivity index is 1.45. The van der Waals surface area contributed by atoms with Crippen molar-refractivity contribution in [1.82, 2.24) is 14.3 Å². The van der Waals surface area contributed by atoms with Crippen LogP contribution in [0.15, 0.2) is 58.4 Å². The Morgan fingerprint density at radius 1 is 1.09 bits per heavy atom. The number of nitrogens with zero attached hydrogens (tertiary/aromatic N) is 4. The second kappa shape index (κ2) is 10.2. The first-order valence-electron chi connectivity index (χ1n) is 11.7. The van der Waals surface area contributed by atoms with Crippen LogP contribution in [-0.2, 0) is 11.2 Å². The molecule has 1 aromatic carbocycles. The normalized spacial score (nSPS) is 17.6. The fraction of sp³-hybridized carbons (Fsp3) is 0.308. The minimum Gasteiger partial charge on any atom is -0.497 e. The number of piperidine rings is 1. The van der Waals surface area contributed by atoms with Gasteiger partial charge in [-0.25, -0.2) is 4.98 Å². The number of ether oxygens (including phenoxy) is 1. The molecule has 1 amide bonds. The lowest BCUT2D eigenvalue weighted by Gasteiger charge is -2.29. The highest BCUT2D eigenvalue weighted by atomic mass is 32.2. The van der Waals surface area contributed by atoms with Crippen LogP contribution < -0.4 is 15.2 Å². The van der Waals surface area contributed by atoms with Gasteiger partial charge in [-0.15, -0.1) is 0 Å². The Hall–Kier alpha value is -3.17. The van der Waals surface area contributed by atoms with E-state index in [-0.39, 0.29) is 11.5 Å². The lowest BCUT2D eigenvalue weighted by molar-refractivity contribution is -0.122. The average molecular weight is 507 g/mol. The molecule has 0 spiro atoms. The highest BCUT2D eigenvalue weighted by molar-refractivity contribution is 8.26. The molecule has 0 radical (unpaired) electrons. The van der Waals surface area contributed by atoms with Gasteiger partial charge >= 0.3 is 0 Å². The Morgan fingerprint density at radius 2 is 1.86 bits per heavy atom. The van der Waals surface area contributed by atoms with Gasteiger partial charge in [-0.05, 0) is 61.6 Å². The van der Waals surface area contributed by atoms with E-state index in [2.05, 4.69) is 4.90 Å². The van der Waals surface area contributed by atoms with Gasteiger partial charge in [-0.2, -0.15) is 0 Å². The molecule has 0 saturated carbocycles. The predicted molar refractivity (Wildman–Crippen MR) is 144 cm³/mol. The van der Waals surface area contributed by atoms with Crippen molar-refractivity contribution in [3.05, 3.63) is 75.0 Å². The fourth-order valence-corrected chi connectivity index (χ4v) is 5.71. The number of hydrogen-bond acceptors (Lipinski definition) is 7. The number of aromatic nitrogens is 2. The van der Waals surface area contributed by atoms with Gasteiger partial charge < -0.3 is 9.64 Å². The van der Waals surface area contributed by atoms with Crippen LogP contribution in [0, 0.1) is 0 Å². The maximum Gasteiger partial charge on any atom is 0.267 e. The Kier molecular flexibility index (Phi) is 6.88. The molecule has 2 aliphatic rings. The Labute approximate surface area is 213 Å². The summed E-state index contributed by atoms with van der Waals surface area (Å²) in [5, 5.41) is 0. The molecule has 5 rings (SSSR count). The molecule has 3 aromatic rings. The smallest absolute Gasteiger partial charge is 0.267 e. The van der Waals surface area contributed by atoms with Crippen molar-refractivity contribution in [3.8, 4) is 5.75 Å². The van der Waals surface area contributed by atoms with Gasteiger partial charge in [-0.3, -0.25) is 18.9 Å². The molecular formula is C26H26N4O3S2. The summed E-state index contributed by atoms with van der Waals surface area (Å²) in [7, 11) is 1.63. The first kappa shape index (κ1) is 23.6. The molecule has 0 aliphatic carbocycles. The van der Waals surface area contributed by atoms with Crippen molar-refractivity contribution in [2.75, 3.05) is 31.6 Å². The molecule has 0 atom stereocenters. The van der Waals surface area contributed by atoms with Gasteiger partial charge in [0, 0.05) is 25.8 Å². The van der Waals surface area contributed by atoms with E-state index in [4.69, 9.17) is 21.9 Å². The summed E-state index contributed by atoms with van der Waals surface area (Å²) in [6.07, 6.45) is 7.35. The number of thiocarbonyl (C=S) groups is 1. The van der Waals surface area contributed by atoms with Crippen LogP contribution in [-0.4, -0.2) is 51.3 Å². The summed E-state index contributed by atoms with van der Waals surface area (Å²) in [5.41, 5.74) is 1.95. The van der Waals surface area contributed by atoms with Gasteiger partial charge in [0.25, 0.3) is 11.5 Å². The number of anilines is 1. The third-order valence-electron chi connectivity index (χ3n) is 6.34. The van der Waals surface area contributed by atoms with Gasteiger partial charge in [0.05, 0.1) is 17.6 Å². The number of benzene rings is 1. The highest BCUT2D eigenvalue weighted by Gasteiger charge is 2.32. The monoisotopic (exact) mass is 506 g/mol. The van der Waals surface area contributed by atoms with Crippen molar-refractivity contribution in [2.45, 2.75) is 25.7 Å². The van der Waals surface area contributed by atoms with E-state index in [0.717, 1.165) is 37.2 Å². The van der Waals surface area contributed by atoms with Crippen molar-refractivity contribution in [2.24, 2.45) is 0 Å². The number of fused-ring (bicyclic) bond motifs is 1. The van der Waals surface area contributed by atoms with Gasteiger partial charge in [-0.1, -0.05) is 42.2 Å². The third-order valence-corrected chi connectivity index (χ3v) is 7.71. The molecular weight excluding hydrogens is 480 g/mol. The topological polar surface area (TPSA) is 67.2 Å². The van der Waals surface area contributed by atoms with Crippen LogP contribution in [0.4, 0.5) is 5.82 Å². The zero-order valence-electron chi connectivity index (χ0n) is 19.5. The fourth-order valence-electron chi connectivity index (χ4n) is 4.42. The molecule has 0 unspecified atom stereocenters. The zero-order chi connectivity index (χ0) is 24.4. The van der Waals surface area contributed by atoms with Gasteiger partial charge in [0.2, 0.25) is 0 Å². The second-order valence-electron chi connectivity index (χ2n) is 8.56. The van der Waals surface area contributed by atoms with Crippen LogP contribution in [0.2, 0.25) is 0 Å². The average Bonchev–Trinajstić information content (AvgIpc) is 3.17. The summed E-state index contributed by atoms with van der Waals surface area (Å²) in [5.74, 6) is 1.27. The van der Waals surface area contributed by atoms with Crippen LogP contribution in [0.5, 0.6) is 5.75 Å². The number of hydrogen-bond donors (Lipinski definition) is 0. The number of carbonyl (C=O) groups excluding carboxylic acids is 1. The Morgan fingerprint density at radius 3 is 2.60 bits per heavy atom. The number of carbonyl (C=O) groups is 1. The van der Waals surface area contributed by atoms with E-state index >= 15 is 0 Å². The first-order chi connectivity index (χ1) is 17.0. The molecule has 2 aliphatic heterocycles. The minimum absolute atomic E-state index is 0.171. The van der Waals surface area contributed by atoms with Crippen molar-refractivity contribution in [1.29, 1.82) is 0 Å². The molecule has 9 heteroatoms. The third kappa shape index (κ3) is 4.83. The highest BCUT2D eigenvalue weighted by Crippen LogP contribution is 2.34. The second-order valence-corrected chi connectivity index (χ2v) is 10.2. The van der Waals surface area contributed by atoms with E-state index in [1.165, 1.54) is 22.6 Å². The quantitative estimate of drug-likeness (QED) is 0.368. The lowest BCUT2D eigenvalue weighted by atomic mass is 10.1. The Bertz CT molecular complexity index is 1360. The van der Waals surface area contributed by atoms with E-state index in [1.54, 1.807) is 30.3 Å². The van der Waals surface area contributed by atoms with E-state index in [9.17, 15) is 9.59 Å². The number of methoxy groups -OCH3 is 1. The summed E-state index contributed by atoms with van der Waals surface area (Å²) in [6, 6.07) is 13.3. The predicted octanol–water partition coefficient (Wildman–Crippen LogP) is 4.14. The molecule has 0 N–H and O–H groups in total. The summed E-state index contributed by atoms with van der Waals surface area (Å²) < 4.78 is 7.24. The van der Waals surface area contributed by atoms with Crippen LogP contribution in [0.25, 0.3) is 11.7 Å². The van der Waals surface area contributed by atoms with Crippen molar-refractivity contribution >= 4 is 51.7 Å². The number of rotatable bonds is 6. The van der Waals surface area contributed by atoms with E-state index in [1.807, 2.05) is 36.4 Å². The van der Waals surface area contributed by atoms with Crippen molar-refractivity contribution in [3.63, 3.8) is 0 Å². The molecule has 2 fully saturated rings. The summed E-state index contributed by atoms with van der Waals surface area (Å²) in [4.78, 5) is 35.8. The van der Waals surface area contributed by atoms with Crippen molar-refractivity contribution < 1.29 is 9.53 Å². The van der Waals surface area contributed by atoms with Gasteiger partial charge in [0.15, 0.2) is 0 Å². The first-order valence-corrected chi connectivity index (χ1v) is 12.9. The zero-order valence-corrected chi connectivity index (χ0v) is 21.1. The lowest BCUT2D eigenvalue weighted by Crippen LogP contribution is -2.33.